The van der Waals surface area contributed by atoms with E-state index in [9.17, 15) is 38.6 Å². The molecule has 0 amide bonds. The summed E-state index contributed by atoms with van der Waals surface area (Å²) in [7, 11) is -10.3. The van der Waals surface area contributed by atoms with Crippen LogP contribution in [0.1, 0.15) is 25.7 Å². The van der Waals surface area contributed by atoms with Crippen LogP contribution >= 0.6 is 15.2 Å². The van der Waals surface area contributed by atoms with Gasteiger partial charge in [0.1, 0.15) is 0 Å². The van der Waals surface area contributed by atoms with Gasteiger partial charge in [0.15, 0.2) is 0 Å². The molecule has 2 atom stereocenters. The van der Waals surface area contributed by atoms with Gasteiger partial charge in [-0.3, -0.25) is 4.90 Å². The van der Waals surface area contributed by atoms with Gasteiger partial charge < -0.3 is 50.1 Å². The Morgan fingerprint density at radius 3 is 1.50 bits per heavy atom. The molecule has 14 heteroatoms. The number of carboxylic acids is 1. The number of nitrogens with two attached hydrogens (primary N) is 2. The largest absolute Gasteiger partial charge is 2.00 e. The van der Waals surface area contributed by atoms with Gasteiger partial charge in [-0.25, -0.2) is 0 Å². The Bertz CT molecular complexity index is 437. The Morgan fingerprint density at radius 2 is 1.29 bits per heavy atom. The van der Waals surface area contributed by atoms with Gasteiger partial charge in [-0.1, -0.05) is 28.0 Å². The van der Waals surface area contributed by atoms with Gasteiger partial charge in [-0.15, -0.1) is 0 Å². The molecule has 0 aromatic carbocycles. The molecule has 0 aromatic rings. The molecule has 1 fully saturated rings. The summed E-state index contributed by atoms with van der Waals surface area (Å²) in [5.74, 6) is -1.79. The van der Waals surface area contributed by atoms with Gasteiger partial charge >= 0.3 is 21.1 Å². The van der Waals surface area contributed by atoms with E-state index in [0.717, 1.165) is 12.8 Å². The SMILES string of the molecule is N[C@@H]1CCCC[C@@H]1N.O=C([O-])CN(CP(=O)([O-])[O-])CP(=O)([O-])[O-].[Pt+2]. The average molecular weight is 567 g/mol. The summed E-state index contributed by atoms with van der Waals surface area (Å²) >= 11 is 0. The minimum absolute atomic E-state index is 0. The zero-order valence-electron chi connectivity index (χ0n) is 12.7. The van der Waals surface area contributed by atoms with E-state index >= 15 is 0 Å². The maximum Gasteiger partial charge on any atom is 2.00 e. The molecule has 0 aromatic heterocycles. The van der Waals surface area contributed by atoms with Gasteiger partial charge in [0.2, 0.25) is 0 Å². The van der Waals surface area contributed by atoms with Crippen molar-refractivity contribution in [3.63, 3.8) is 0 Å². The summed E-state index contributed by atoms with van der Waals surface area (Å²) < 4.78 is 20.5. The third kappa shape index (κ3) is 15.8. The summed E-state index contributed by atoms with van der Waals surface area (Å²) in [6, 6.07) is 0.562. The number of carbonyl (C=O) groups is 1. The maximum atomic E-state index is 10.2. The number of nitrogens with zero attached hydrogens (tertiary/aromatic N) is 1. The van der Waals surface area contributed by atoms with Crippen molar-refractivity contribution in [1.29, 1.82) is 0 Å². The Balaban J connectivity index is 0. The second kappa shape index (κ2) is 11.9. The van der Waals surface area contributed by atoms with Crippen LogP contribution in [0.2, 0.25) is 0 Å². The van der Waals surface area contributed by atoms with E-state index in [-0.39, 0.29) is 38.0 Å². The molecule has 0 spiro atoms. The topological polar surface area (TPSA) is 222 Å². The normalized spacial score (nSPS) is 21.5. The smallest absolute Gasteiger partial charge is 0.810 e. The van der Waals surface area contributed by atoms with Crippen LogP contribution in [0.4, 0.5) is 0 Å². The summed E-state index contributed by atoms with van der Waals surface area (Å²) in [6.45, 7) is -1.12. The fourth-order valence-corrected chi connectivity index (χ4v) is 3.54. The molecule has 0 aliphatic heterocycles. The fraction of sp³-hybridized carbons (Fsp3) is 0.900. The minimum Gasteiger partial charge on any atom is -0.810 e. The Kier molecular flexibility index (Phi) is 13.1. The molecule has 24 heavy (non-hydrogen) atoms. The molecule has 0 saturated heterocycles. The van der Waals surface area contributed by atoms with Crippen LogP contribution in [0.5, 0.6) is 0 Å². The zero-order chi connectivity index (χ0) is 18.3. The van der Waals surface area contributed by atoms with E-state index in [0.29, 0.717) is 0 Å². The van der Waals surface area contributed by atoms with Crippen molar-refractivity contribution in [3.8, 4) is 0 Å². The van der Waals surface area contributed by atoms with Crippen molar-refractivity contribution in [2.75, 3.05) is 19.1 Å². The predicted octanol–water partition coefficient (Wildman–Crippen LogP) is -5.01. The first-order chi connectivity index (χ1) is 10.3. The summed E-state index contributed by atoms with van der Waals surface area (Å²) in [5, 5.41) is 10.0. The van der Waals surface area contributed by atoms with E-state index < -0.39 is 40.3 Å². The molecular formula is C10H20N3O8P2Pt-3. The van der Waals surface area contributed by atoms with Crippen LogP contribution < -0.4 is 36.1 Å². The molecule has 1 aliphatic carbocycles. The molecule has 1 rings (SSSR count). The van der Waals surface area contributed by atoms with Gasteiger partial charge in [0.05, 0.1) is 5.97 Å². The Morgan fingerprint density at radius 1 is 0.958 bits per heavy atom. The zero-order valence-corrected chi connectivity index (χ0v) is 16.7. The molecule has 0 heterocycles. The van der Waals surface area contributed by atoms with Crippen molar-refractivity contribution in [1.82, 2.24) is 4.90 Å². The Hall–Kier alpha value is 0.338. The summed E-state index contributed by atoms with van der Waals surface area (Å²) in [6.07, 6.45) is 2.09. The number of hydrogen-bond acceptors (Lipinski definition) is 11. The number of aliphatic carboxylic acids is 1. The van der Waals surface area contributed by atoms with E-state index in [4.69, 9.17) is 11.5 Å². The van der Waals surface area contributed by atoms with Gasteiger partial charge in [-0.05, 0) is 12.8 Å². The molecule has 146 valence electrons. The van der Waals surface area contributed by atoms with Crippen molar-refractivity contribution >= 4 is 21.2 Å². The van der Waals surface area contributed by atoms with Crippen LogP contribution in [-0.4, -0.2) is 42.1 Å². The Labute approximate surface area is 154 Å². The fourth-order valence-electron chi connectivity index (χ4n) is 2.01. The molecule has 0 bridgehead atoms. The average Bonchev–Trinajstić information content (AvgIpc) is 2.28. The van der Waals surface area contributed by atoms with Crippen molar-refractivity contribution in [2.45, 2.75) is 37.8 Å². The van der Waals surface area contributed by atoms with Crippen LogP contribution in [0.25, 0.3) is 0 Å². The summed E-state index contributed by atoms with van der Waals surface area (Å²) in [4.78, 5) is 51.1. The number of carbonyl (C=O) groups excluding carboxylic acids is 1. The molecule has 0 unspecified atom stereocenters. The molecular weight excluding hydrogens is 547 g/mol. The third-order valence-corrected chi connectivity index (χ3v) is 4.47. The number of carboxylic acid groups (broad SMARTS) is 1. The molecule has 1 saturated carbocycles. The predicted molar refractivity (Wildman–Crippen MR) is 71.1 cm³/mol. The van der Waals surface area contributed by atoms with E-state index in [1.807, 2.05) is 0 Å². The second-order valence-electron chi connectivity index (χ2n) is 5.32. The second-order valence-corrected chi connectivity index (χ2v) is 8.33. The molecule has 1 aliphatic rings. The number of rotatable bonds is 6. The third-order valence-electron chi connectivity index (χ3n) is 2.97. The summed E-state index contributed by atoms with van der Waals surface area (Å²) in [5.41, 5.74) is 11.3. The van der Waals surface area contributed by atoms with Crippen LogP contribution in [0, 0.1) is 0 Å². The van der Waals surface area contributed by atoms with Crippen LogP contribution in [-0.2, 0) is 35.0 Å². The van der Waals surface area contributed by atoms with Gasteiger partial charge in [-0.2, -0.15) is 0 Å². The first-order valence-corrected chi connectivity index (χ1v) is 10.2. The minimum atomic E-state index is -5.13. The van der Waals surface area contributed by atoms with Crippen molar-refractivity contribution in [3.05, 3.63) is 0 Å². The van der Waals surface area contributed by atoms with Crippen molar-refractivity contribution < 1.29 is 59.7 Å². The molecule has 11 nitrogen and oxygen atoms in total. The van der Waals surface area contributed by atoms with Gasteiger partial charge in [0.25, 0.3) is 0 Å². The van der Waals surface area contributed by atoms with Crippen LogP contribution in [0.15, 0.2) is 0 Å². The van der Waals surface area contributed by atoms with E-state index in [1.54, 1.807) is 0 Å². The van der Waals surface area contributed by atoms with E-state index in [2.05, 4.69) is 0 Å². The quantitative estimate of drug-likeness (QED) is 0.289. The van der Waals surface area contributed by atoms with Crippen molar-refractivity contribution in [2.24, 2.45) is 11.5 Å². The standard InChI is InChI=1S/C6H14N2.C4H11NO8P2.Pt/c7-5-3-1-2-4-6(5)8;6-4(7)1-5(2-14(8,9)10)3-15(11,12)13;/h5-6H,1-4,7-8H2;1-3H2,(H,6,7)(H2,8,9,10)(H2,11,12,13);/q;;+2/p-5/t5-,6+;;. The monoisotopic (exact) mass is 567 g/mol. The maximum absolute atomic E-state index is 10.2. The number of hydrogen-bond donors (Lipinski definition) is 2. The van der Waals surface area contributed by atoms with Crippen LogP contribution in [0.3, 0.4) is 0 Å². The molecule has 0 radical (unpaired) electrons. The van der Waals surface area contributed by atoms with Gasteiger partial charge in [0, 0.05) is 31.2 Å². The first kappa shape index (κ1) is 26.6. The molecule has 4 N–H and O–H groups in total. The van der Waals surface area contributed by atoms with E-state index in [1.165, 1.54) is 12.8 Å². The first-order valence-electron chi connectivity index (χ1n) is 6.75.